The van der Waals surface area contributed by atoms with Crippen molar-refractivity contribution in [1.29, 1.82) is 0 Å². The molecule has 0 amide bonds. The van der Waals surface area contributed by atoms with Crippen LogP contribution < -0.4 is 0 Å². The van der Waals surface area contributed by atoms with Gasteiger partial charge in [0, 0.05) is 0 Å². The monoisotopic (exact) mass is 166 g/mol. The molecule has 0 aliphatic rings. The number of benzene rings is 1. The average Bonchev–Trinajstić information content (AvgIpc) is 1.92. The van der Waals surface area contributed by atoms with E-state index in [0.29, 0.717) is 18.2 Å². The summed E-state index contributed by atoms with van der Waals surface area (Å²) in [5.74, 6) is -0.956. The van der Waals surface area contributed by atoms with Gasteiger partial charge in [0.15, 0.2) is 0 Å². The molecule has 11 heavy (non-hydrogen) atoms. The maximum atomic E-state index is 12.3. The predicted molar refractivity (Wildman–Crippen MR) is 31.4 cm³/mol. The standard InChI is InChI=1S/C7H4F4/c8-6-3-1-5(2-4-6)7(9,10)11/h1-4H/i3T. The largest absolute Gasteiger partial charge is 0.416 e. The summed E-state index contributed by atoms with van der Waals surface area (Å²) in [5.41, 5.74) is -1.01. The van der Waals surface area contributed by atoms with Gasteiger partial charge < -0.3 is 0 Å². The van der Waals surface area contributed by atoms with Crippen molar-refractivity contribution in [3.05, 3.63) is 35.6 Å². The molecule has 0 atom stereocenters. The van der Waals surface area contributed by atoms with Crippen molar-refractivity contribution in [2.24, 2.45) is 0 Å². The lowest BCUT2D eigenvalue weighted by atomic mass is 10.2. The van der Waals surface area contributed by atoms with Crippen molar-refractivity contribution in [2.45, 2.75) is 6.18 Å². The van der Waals surface area contributed by atoms with E-state index in [0.717, 1.165) is 0 Å². The maximum Gasteiger partial charge on any atom is 0.416 e. The molecule has 0 saturated heterocycles. The lowest BCUT2D eigenvalue weighted by molar-refractivity contribution is -0.137. The lowest BCUT2D eigenvalue weighted by Gasteiger charge is -2.04. The fourth-order valence-electron chi connectivity index (χ4n) is 0.582. The predicted octanol–water partition coefficient (Wildman–Crippen LogP) is 2.84. The molecule has 0 aromatic heterocycles. The van der Waals surface area contributed by atoms with Gasteiger partial charge in [-0.1, -0.05) is 0 Å². The van der Waals surface area contributed by atoms with Crippen LogP contribution in [0.5, 0.6) is 0 Å². The van der Waals surface area contributed by atoms with E-state index in [9.17, 15) is 17.6 Å². The van der Waals surface area contributed by atoms with Gasteiger partial charge in [0.1, 0.15) is 5.82 Å². The number of hydrogen-bond acceptors (Lipinski definition) is 0. The fourth-order valence-corrected chi connectivity index (χ4v) is 0.582. The smallest absolute Gasteiger partial charge is 0.207 e. The van der Waals surface area contributed by atoms with Crippen molar-refractivity contribution in [2.75, 3.05) is 0 Å². The quantitative estimate of drug-likeness (QED) is 0.520. The van der Waals surface area contributed by atoms with Crippen molar-refractivity contribution in [3.8, 4) is 0 Å². The highest BCUT2D eigenvalue weighted by molar-refractivity contribution is 5.18. The number of halogens is 4. The molecule has 4 heteroatoms. The Hall–Kier alpha value is -1.06. The van der Waals surface area contributed by atoms with Crippen LogP contribution in [0.15, 0.2) is 24.2 Å². The van der Waals surface area contributed by atoms with Gasteiger partial charge >= 0.3 is 6.18 Å². The Morgan fingerprint density at radius 1 is 1.18 bits per heavy atom. The lowest BCUT2D eigenvalue weighted by Crippen LogP contribution is -2.03. The molecule has 0 spiro atoms. The number of alkyl halides is 3. The van der Waals surface area contributed by atoms with Gasteiger partial charge in [0.25, 0.3) is 0 Å². The molecule has 0 N–H and O–H groups in total. The van der Waals surface area contributed by atoms with Crippen LogP contribution >= 0.6 is 0 Å². The Morgan fingerprint density at radius 2 is 1.82 bits per heavy atom. The van der Waals surface area contributed by atoms with E-state index in [-0.39, 0.29) is 0 Å². The summed E-state index contributed by atoms with van der Waals surface area (Å²) in [6.45, 7) is 0. The Labute approximate surface area is 61.9 Å². The summed E-state index contributed by atoms with van der Waals surface area (Å²) < 4.78 is 54.8. The van der Waals surface area contributed by atoms with Crippen LogP contribution in [0.4, 0.5) is 17.6 Å². The summed E-state index contributed by atoms with van der Waals surface area (Å²) in [6.07, 6.45) is -4.51. The second-order valence-electron chi connectivity index (χ2n) is 1.92. The van der Waals surface area contributed by atoms with Gasteiger partial charge in [-0.3, -0.25) is 0 Å². The van der Waals surface area contributed by atoms with Gasteiger partial charge in [-0.2, -0.15) is 13.2 Å². The topological polar surface area (TPSA) is 0 Å². The van der Waals surface area contributed by atoms with Crippen LogP contribution in [0.3, 0.4) is 0 Å². The second kappa shape index (κ2) is 2.53. The molecule has 1 aromatic rings. The first-order chi connectivity index (χ1) is 5.41. The molecule has 0 fully saturated rings. The van der Waals surface area contributed by atoms with Crippen LogP contribution in [0.1, 0.15) is 6.93 Å². The zero-order valence-corrected chi connectivity index (χ0v) is 5.24. The Morgan fingerprint density at radius 3 is 2.27 bits per heavy atom. The van der Waals surface area contributed by atoms with E-state index in [1.54, 1.807) is 0 Å². The summed E-state index contributed by atoms with van der Waals surface area (Å²) in [4.78, 5) is 0. The Bertz CT molecular complexity index is 292. The Balaban J connectivity index is 3.14. The zero-order chi connectivity index (χ0) is 9.35. The molecule has 60 valence electrons. The maximum absolute atomic E-state index is 12.3. The van der Waals surface area contributed by atoms with Gasteiger partial charge in [0.05, 0.1) is 6.93 Å². The van der Waals surface area contributed by atoms with E-state index < -0.39 is 23.6 Å². The van der Waals surface area contributed by atoms with Gasteiger partial charge in [0.2, 0.25) is 0 Å². The molecule has 1 aromatic carbocycles. The van der Waals surface area contributed by atoms with E-state index in [1.807, 2.05) is 0 Å². The first-order valence-electron chi connectivity index (χ1n) is 3.24. The molecule has 0 bridgehead atoms. The molecule has 0 aliphatic heterocycles. The van der Waals surface area contributed by atoms with Gasteiger partial charge in [-0.25, -0.2) is 4.39 Å². The highest BCUT2D eigenvalue weighted by Gasteiger charge is 2.29. The normalized spacial score (nSPS) is 12.9. The summed E-state index contributed by atoms with van der Waals surface area (Å²) in [6, 6.07) is 0.943. The Kier molecular flexibility index (Phi) is 1.52. The van der Waals surface area contributed by atoms with E-state index in [1.165, 1.54) is 0 Å². The van der Waals surface area contributed by atoms with Crippen LogP contribution in [-0.2, 0) is 6.18 Å². The first-order valence-corrected chi connectivity index (χ1v) is 2.74. The highest BCUT2D eigenvalue weighted by Crippen LogP contribution is 2.28. The molecular weight excluding hydrogens is 160 g/mol. The fraction of sp³-hybridized carbons (Fsp3) is 0.143. The van der Waals surface area contributed by atoms with Crippen LogP contribution in [0.25, 0.3) is 0 Å². The third-order valence-electron chi connectivity index (χ3n) is 1.10. The van der Waals surface area contributed by atoms with E-state index in [4.69, 9.17) is 1.37 Å². The SMILES string of the molecule is [3H]c1cc(C(F)(F)F)ccc1F. The first kappa shape index (κ1) is 6.64. The van der Waals surface area contributed by atoms with Crippen LogP contribution in [0, 0.1) is 5.82 Å². The minimum Gasteiger partial charge on any atom is -0.207 e. The van der Waals surface area contributed by atoms with Crippen molar-refractivity contribution >= 4 is 0 Å². The zero-order valence-electron chi connectivity index (χ0n) is 6.24. The molecule has 0 radical (unpaired) electrons. The molecule has 0 aliphatic carbocycles. The summed E-state index contributed by atoms with van der Waals surface area (Å²) in [5, 5.41) is 0. The second-order valence-corrected chi connectivity index (χ2v) is 1.92. The molecule has 0 nitrogen and oxygen atoms in total. The minimum absolute atomic E-state index is 0.454. The minimum atomic E-state index is -4.51. The molecule has 0 saturated carbocycles. The molecule has 0 heterocycles. The third kappa shape index (κ3) is 1.93. The highest BCUT2D eigenvalue weighted by atomic mass is 19.4. The van der Waals surface area contributed by atoms with Crippen molar-refractivity contribution < 1.29 is 18.9 Å². The summed E-state index contributed by atoms with van der Waals surface area (Å²) >= 11 is 0. The van der Waals surface area contributed by atoms with E-state index in [2.05, 4.69) is 0 Å². The van der Waals surface area contributed by atoms with Crippen molar-refractivity contribution in [3.63, 3.8) is 0 Å². The third-order valence-corrected chi connectivity index (χ3v) is 1.10. The van der Waals surface area contributed by atoms with Gasteiger partial charge in [-0.05, 0) is 24.2 Å². The molecule has 1 rings (SSSR count). The molecular formula is C7H4F4. The summed E-state index contributed by atoms with van der Waals surface area (Å²) in [7, 11) is 0. The van der Waals surface area contributed by atoms with E-state index >= 15 is 0 Å². The number of hydrogen-bond donors (Lipinski definition) is 0. The number of rotatable bonds is 0. The average molecular weight is 166 g/mol. The van der Waals surface area contributed by atoms with Crippen molar-refractivity contribution in [1.82, 2.24) is 0 Å². The van der Waals surface area contributed by atoms with Gasteiger partial charge in [-0.15, -0.1) is 0 Å². The van der Waals surface area contributed by atoms with Crippen LogP contribution in [0.2, 0.25) is 0 Å². The van der Waals surface area contributed by atoms with Crippen LogP contribution in [-0.4, -0.2) is 0 Å². The molecule has 0 unspecified atom stereocenters.